The minimum Gasteiger partial charge on any atom is -0.497 e. The second kappa shape index (κ2) is 12.0. The Labute approximate surface area is 180 Å². The van der Waals surface area contributed by atoms with Crippen molar-refractivity contribution in [1.82, 2.24) is 19.8 Å². The number of guanidine groups is 1. The highest BCUT2D eigenvalue weighted by molar-refractivity contribution is 7.88. The molecule has 0 spiro atoms. The normalized spacial score (nSPS) is 15.9. The zero-order valence-corrected chi connectivity index (χ0v) is 19.3. The molecule has 1 aliphatic rings. The zero-order chi connectivity index (χ0) is 22.0. The van der Waals surface area contributed by atoms with Crippen molar-refractivity contribution in [1.29, 1.82) is 0 Å². The van der Waals surface area contributed by atoms with Crippen molar-refractivity contribution in [3.05, 3.63) is 23.8 Å². The van der Waals surface area contributed by atoms with E-state index in [1.165, 1.54) is 6.26 Å². The number of sulfonamides is 1. The van der Waals surface area contributed by atoms with Crippen molar-refractivity contribution in [2.24, 2.45) is 4.99 Å². The summed E-state index contributed by atoms with van der Waals surface area (Å²) in [6.45, 7) is 8.21. The maximum atomic E-state index is 11.1. The van der Waals surface area contributed by atoms with E-state index >= 15 is 0 Å². The predicted molar refractivity (Wildman–Crippen MR) is 120 cm³/mol. The number of hydrogen-bond donors (Lipinski definition) is 2. The Morgan fingerprint density at radius 3 is 2.50 bits per heavy atom. The Hall–Kier alpha value is -2.04. The van der Waals surface area contributed by atoms with Crippen LogP contribution in [0.1, 0.15) is 18.9 Å². The molecule has 30 heavy (non-hydrogen) atoms. The van der Waals surface area contributed by atoms with Crippen LogP contribution in [-0.4, -0.2) is 90.5 Å². The lowest BCUT2D eigenvalue weighted by molar-refractivity contribution is 0.171. The second-order valence-electron chi connectivity index (χ2n) is 7.20. The number of ether oxygens (including phenoxy) is 2. The quantitative estimate of drug-likeness (QED) is 0.314. The van der Waals surface area contributed by atoms with Crippen LogP contribution < -0.4 is 19.5 Å². The number of rotatable bonds is 10. The van der Waals surface area contributed by atoms with Crippen LogP contribution in [0.3, 0.4) is 0 Å². The summed E-state index contributed by atoms with van der Waals surface area (Å²) in [7, 11) is 0.214. The van der Waals surface area contributed by atoms with Crippen LogP contribution in [0.4, 0.5) is 0 Å². The Morgan fingerprint density at radius 2 is 1.90 bits per heavy atom. The van der Waals surface area contributed by atoms with Crippen molar-refractivity contribution in [3.63, 3.8) is 0 Å². The van der Waals surface area contributed by atoms with Gasteiger partial charge in [-0.05, 0) is 31.5 Å². The van der Waals surface area contributed by atoms with Gasteiger partial charge < -0.3 is 19.7 Å². The third-order valence-corrected chi connectivity index (χ3v) is 5.58. The molecule has 1 aliphatic heterocycles. The molecule has 0 bridgehead atoms. The van der Waals surface area contributed by atoms with E-state index in [9.17, 15) is 8.42 Å². The largest absolute Gasteiger partial charge is 0.497 e. The van der Waals surface area contributed by atoms with Crippen molar-refractivity contribution in [2.75, 3.05) is 66.3 Å². The molecule has 1 saturated heterocycles. The van der Waals surface area contributed by atoms with E-state index < -0.39 is 10.0 Å². The molecule has 0 atom stereocenters. The minimum atomic E-state index is -3.14. The Kier molecular flexibility index (Phi) is 9.67. The number of aliphatic imine (C=N–C) groups is 1. The highest BCUT2D eigenvalue weighted by Crippen LogP contribution is 2.25. The smallest absolute Gasteiger partial charge is 0.208 e. The summed E-state index contributed by atoms with van der Waals surface area (Å²) in [6.07, 6.45) is 1.83. The van der Waals surface area contributed by atoms with Gasteiger partial charge in [-0.2, -0.15) is 0 Å². The van der Waals surface area contributed by atoms with Gasteiger partial charge in [0.05, 0.1) is 20.5 Å². The maximum Gasteiger partial charge on any atom is 0.208 e. The van der Waals surface area contributed by atoms with Gasteiger partial charge in [0.15, 0.2) is 5.96 Å². The van der Waals surface area contributed by atoms with Crippen LogP contribution in [0.5, 0.6) is 11.5 Å². The topological polar surface area (TPSA) is 95.5 Å². The van der Waals surface area contributed by atoms with Gasteiger partial charge in [-0.15, -0.1) is 0 Å². The molecular weight excluding hydrogens is 406 g/mol. The molecule has 2 N–H and O–H groups in total. The van der Waals surface area contributed by atoms with E-state index in [1.54, 1.807) is 14.2 Å². The minimum absolute atomic E-state index is 0.401. The lowest BCUT2D eigenvalue weighted by atomic mass is 10.1. The average molecular weight is 442 g/mol. The van der Waals surface area contributed by atoms with E-state index in [0.717, 1.165) is 62.3 Å². The van der Waals surface area contributed by atoms with Crippen LogP contribution in [0.25, 0.3) is 0 Å². The summed E-state index contributed by atoms with van der Waals surface area (Å²) >= 11 is 0. The monoisotopic (exact) mass is 441 g/mol. The van der Waals surface area contributed by atoms with E-state index in [-0.39, 0.29) is 0 Å². The first-order valence-corrected chi connectivity index (χ1v) is 12.2. The first-order valence-electron chi connectivity index (χ1n) is 10.3. The number of hydrogen-bond acceptors (Lipinski definition) is 6. The van der Waals surface area contributed by atoms with Gasteiger partial charge in [-0.1, -0.05) is 0 Å². The molecule has 1 heterocycles. The fourth-order valence-electron chi connectivity index (χ4n) is 3.31. The van der Waals surface area contributed by atoms with Gasteiger partial charge in [0.2, 0.25) is 10.0 Å². The molecule has 0 aromatic heterocycles. The standard InChI is InChI=1S/C20H35N5O4S/c1-5-21-20(22-9-6-10-23-30(4,26)27)25-13-11-24(12-14-25)16-17-15-18(28-2)7-8-19(17)29-3/h7-8,15,23H,5-6,9-14,16H2,1-4H3,(H,21,22). The van der Waals surface area contributed by atoms with Crippen LogP contribution in [0.15, 0.2) is 23.2 Å². The average Bonchev–Trinajstić information content (AvgIpc) is 2.72. The van der Waals surface area contributed by atoms with Gasteiger partial charge in [-0.25, -0.2) is 13.1 Å². The Morgan fingerprint density at radius 1 is 1.17 bits per heavy atom. The fourth-order valence-corrected chi connectivity index (χ4v) is 3.83. The molecular formula is C20H35N5O4S. The SMILES string of the molecule is CCNC(=NCCCNS(C)(=O)=O)N1CCN(Cc2cc(OC)ccc2OC)CC1. The van der Waals surface area contributed by atoms with Crippen molar-refractivity contribution in [3.8, 4) is 11.5 Å². The molecule has 0 saturated carbocycles. The highest BCUT2D eigenvalue weighted by atomic mass is 32.2. The highest BCUT2D eigenvalue weighted by Gasteiger charge is 2.20. The third-order valence-electron chi connectivity index (χ3n) is 4.85. The first-order chi connectivity index (χ1) is 14.4. The van der Waals surface area contributed by atoms with Crippen molar-refractivity contribution >= 4 is 16.0 Å². The van der Waals surface area contributed by atoms with Crippen molar-refractivity contribution in [2.45, 2.75) is 19.9 Å². The van der Waals surface area contributed by atoms with E-state index in [4.69, 9.17) is 9.47 Å². The summed E-state index contributed by atoms with van der Waals surface area (Å²) < 4.78 is 35.6. The molecule has 1 aromatic rings. The van der Waals surface area contributed by atoms with Crippen molar-refractivity contribution < 1.29 is 17.9 Å². The lowest BCUT2D eigenvalue weighted by Crippen LogP contribution is -2.52. The van der Waals surface area contributed by atoms with Gasteiger partial charge in [0.1, 0.15) is 11.5 Å². The molecule has 0 radical (unpaired) electrons. The Balaban J connectivity index is 1.88. The summed E-state index contributed by atoms with van der Waals surface area (Å²) in [5.41, 5.74) is 1.12. The zero-order valence-electron chi connectivity index (χ0n) is 18.5. The number of nitrogens with one attached hydrogen (secondary N) is 2. The summed E-state index contributed by atoms with van der Waals surface area (Å²) in [5.74, 6) is 2.59. The summed E-state index contributed by atoms with van der Waals surface area (Å²) in [5, 5.41) is 3.34. The number of nitrogens with zero attached hydrogens (tertiary/aromatic N) is 3. The van der Waals surface area contributed by atoms with Crippen LogP contribution in [-0.2, 0) is 16.6 Å². The fraction of sp³-hybridized carbons (Fsp3) is 0.650. The molecule has 1 fully saturated rings. The van der Waals surface area contributed by atoms with Crippen LogP contribution in [0.2, 0.25) is 0 Å². The number of methoxy groups -OCH3 is 2. The van der Waals surface area contributed by atoms with E-state index in [0.29, 0.717) is 19.5 Å². The summed E-state index contributed by atoms with van der Waals surface area (Å²) in [4.78, 5) is 9.31. The van der Waals surface area contributed by atoms with Crippen LogP contribution >= 0.6 is 0 Å². The van der Waals surface area contributed by atoms with Gasteiger partial charge >= 0.3 is 0 Å². The van der Waals surface area contributed by atoms with Crippen LogP contribution in [0, 0.1) is 0 Å². The first kappa shape index (κ1) is 24.2. The predicted octanol–water partition coefficient (Wildman–Crippen LogP) is 0.726. The molecule has 0 unspecified atom stereocenters. The molecule has 9 nitrogen and oxygen atoms in total. The van der Waals surface area contributed by atoms with Gasteiger partial charge in [-0.3, -0.25) is 9.89 Å². The third kappa shape index (κ3) is 8.00. The molecule has 2 rings (SSSR count). The van der Waals surface area contributed by atoms with Gasteiger partial charge in [0, 0.05) is 57.9 Å². The molecule has 0 amide bonds. The lowest BCUT2D eigenvalue weighted by Gasteiger charge is -2.36. The molecule has 170 valence electrons. The number of piperazine rings is 1. The molecule has 1 aromatic carbocycles. The number of benzene rings is 1. The second-order valence-corrected chi connectivity index (χ2v) is 9.03. The Bertz CT molecular complexity index is 792. The van der Waals surface area contributed by atoms with E-state index in [1.807, 2.05) is 25.1 Å². The molecule has 10 heteroatoms. The van der Waals surface area contributed by atoms with Gasteiger partial charge in [0.25, 0.3) is 0 Å². The maximum absolute atomic E-state index is 11.1. The van der Waals surface area contributed by atoms with E-state index in [2.05, 4.69) is 24.8 Å². The molecule has 0 aliphatic carbocycles. The summed E-state index contributed by atoms with van der Waals surface area (Å²) in [6, 6.07) is 5.88.